The molecule has 0 aromatic rings. The third-order valence-electron chi connectivity index (χ3n) is 2.04. The number of rotatable bonds is 0. The smallest absolute Gasteiger partial charge is 0.0166 e. The quantitative estimate of drug-likeness (QED) is 0.483. The first-order valence-electron chi connectivity index (χ1n) is 5.13. The van der Waals surface area contributed by atoms with Crippen LogP contribution in [-0.2, 0) is 0 Å². The summed E-state index contributed by atoms with van der Waals surface area (Å²) in [6.07, 6.45) is 23.5. The zero-order valence-electron chi connectivity index (χ0n) is 8.15. The molecule has 0 heteroatoms. The van der Waals surface area contributed by atoms with E-state index in [1.165, 1.54) is 25.7 Å². The maximum atomic E-state index is 2.29. The third kappa shape index (κ3) is 6.15. The lowest BCUT2D eigenvalue weighted by atomic mass is 10.2. The van der Waals surface area contributed by atoms with E-state index < -0.39 is 0 Å². The average molecular weight is 174 g/mol. The molecule has 0 aromatic carbocycles. The van der Waals surface area contributed by atoms with Crippen molar-refractivity contribution in [2.24, 2.45) is 0 Å². The molecule has 0 radical (unpaired) electrons. The fourth-order valence-corrected chi connectivity index (χ4v) is 1.28. The van der Waals surface area contributed by atoms with Gasteiger partial charge in [-0.3, -0.25) is 0 Å². The van der Waals surface area contributed by atoms with Crippen molar-refractivity contribution in [2.75, 3.05) is 0 Å². The van der Waals surface area contributed by atoms with E-state index in [9.17, 15) is 0 Å². The second kappa shape index (κ2) is 7.60. The largest absolute Gasteiger partial charge is 0.0882 e. The van der Waals surface area contributed by atoms with Crippen LogP contribution in [-0.4, -0.2) is 0 Å². The molecule has 70 valence electrons. The van der Waals surface area contributed by atoms with E-state index in [2.05, 4.69) is 48.6 Å². The van der Waals surface area contributed by atoms with Gasteiger partial charge in [0.2, 0.25) is 0 Å². The molecule has 0 atom stereocenters. The van der Waals surface area contributed by atoms with Crippen molar-refractivity contribution in [3.05, 3.63) is 48.6 Å². The molecule has 0 nitrogen and oxygen atoms in total. The molecule has 0 spiro atoms. The molecule has 0 amide bonds. The molecule has 13 heavy (non-hydrogen) atoms. The van der Waals surface area contributed by atoms with Crippen LogP contribution in [0.4, 0.5) is 0 Å². The lowest BCUT2D eigenvalue weighted by Gasteiger charge is -1.91. The van der Waals surface area contributed by atoms with Crippen molar-refractivity contribution < 1.29 is 0 Å². The van der Waals surface area contributed by atoms with Gasteiger partial charge in [0.25, 0.3) is 0 Å². The molecule has 0 heterocycles. The normalized spacial score (nSPS) is 28.9. The number of allylic oxidation sites excluding steroid dienone is 8. The summed E-state index contributed by atoms with van der Waals surface area (Å²) in [6.45, 7) is 0. The van der Waals surface area contributed by atoms with Crippen LogP contribution in [0.15, 0.2) is 48.6 Å². The Balaban J connectivity index is 2.38. The Morgan fingerprint density at radius 1 is 0.538 bits per heavy atom. The van der Waals surface area contributed by atoms with Crippen LogP contribution in [0.25, 0.3) is 0 Å². The Kier molecular flexibility index (Phi) is 5.87. The summed E-state index contributed by atoms with van der Waals surface area (Å²) >= 11 is 0. The lowest BCUT2D eigenvalue weighted by Crippen LogP contribution is -1.71. The van der Waals surface area contributed by atoms with E-state index in [4.69, 9.17) is 0 Å². The maximum absolute atomic E-state index is 2.29. The molecule has 1 aliphatic rings. The van der Waals surface area contributed by atoms with Gasteiger partial charge in [-0.05, 0) is 32.1 Å². The molecule has 0 fully saturated rings. The predicted octanol–water partition coefficient (Wildman–Crippen LogP) is 4.18. The lowest BCUT2D eigenvalue weighted by molar-refractivity contribution is 0.761. The molecule has 0 aliphatic heterocycles. The van der Waals surface area contributed by atoms with Crippen LogP contribution in [0.5, 0.6) is 0 Å². The molecule has 1 aliphatic carbocycles. The van der Waals surface area contributed by atoms with Crippen molar-refractivity contribution in [2.45, 2.75) is 32.1 Å². The van der Waals surface area contributed by atoms with Crippen LogP contribution >= 0.6 is 0 Å². The van der Waals surface area contributed by atoms with E-state index >= 15 is 0 Å². The fourth-order valence-electron chi connectivity index (χ4n) is 1.28. The highest BCUT2D eigenvalue weighted by Gasteiger charge is 1.83. The molecule has 0 bridgehead atoms. The van der Waals surface area contributed by atoms with Crippen LogP contribution < -0.4 is 0 Å². The zero-order chi connectivity index (χ0) is 9.19. The topological polar surface area (TPSA) is 0 Å². The molecular weight excluding hydrogens is 156 g/mol. The molecule has 0 saturated heterocycles. The van der Waals surface area contributed by atoms with Crippen molar-refractivity contribution in [3.63, 3.8) is 0 Å². The summed E-state index contributed by atoms with van der Waals surface area (Å²) in [5.74, 6) is 0. The highest BCUT2D eigenvalue weighted by molar-refractivity contribution is 5.12. The summed E-state index contributed by atoms with van der Waals surface area (Å²) < 4.78 is 0. The van der Waals surface area contributed by atoms with Crippen molar-refractivity contribution in [1.29, 1.82) is 0 Å². The van der Waals surface area contributed by atoms with Gasteiger partial charge in [-0.1, -0.05) is 48.6 Å². The summed E-state index contributed by atoms with van der Waals surface area (Å²) in [7, 11) is 0. The minimum Gasteiger partial charge on any atom is -0.0882 e. The Bertz CT molecular complexity index is 216. The zero-order valence-corrected chi connectivity index (χ0v) is 8.15. The number of hydrogen-bond acceptors (Lipinski definition) is 0. The highest BCUT2D eigenvalue weighted by atomic mass is 13.9. The summed E-state index contributed by atoms with van der Waals surface area (Å²) in [5.41, 5.74) is 0. The molecule has 1 rings (SSSR count). The molecule has 0 saturated carbocycles. The first-order chi connectivity index (χ1) is 6.50. The molecule has 0 unspecified atom stereocenters. The molecular formula is C13H18. The van der Waals surface area contributed by atoms with Crippen LogP contribution in [0.3, 0.4) is 0 Å². The van der Waals surface area contributed by atoms with Gasteiger partial charge in [0, 0.05) is 0 Å². The molecule has 0 N–H and O–H groups in total. The third-order valence-corrected chi connectivity index (χ3v) is 2.04. The van der Waals surface area contributed by atoms with Gasteiger partial charge < -0.3 is 0 Å². The van der Waals surface area contributed by atoms with E-state index in [0.717, 1.165) is 6.42 Å². The summed E-state index contributed by atoms with van der Waals surface area (Å²) in [6, 6.07) is 0. The highest BCUT2D eigenvalue weighted by Crippen LogP contribution is 2.03. The van der Waals surface area contributed by atoms with Gasteiger partial charge in [-0.15, -0.1) is 0 Å². The number of hydrogen-bond donors (Lipinski definition) is 0. The van der Waals surface area contributed by atoms with Crippen LogP contribution in [0.2, 0.25) is 0 Å². The Labute approximate surface area is 81.4 Å². The SMILES string of the molecule is C1=C\C=C/CCCC/C=C\C\C=C/1. The first kappa shape index (κ1) is 10.0. The Hall–Kier alpha value is -1.04. The van der Waals surface area contributed by atoms with E-state index in [0.29, 0.717) is 0 Å². The monoisotopic (exact) mass is 174 g/mol. The maximum Gasteiger partial charge on any atom is -0.0166 e. The minimum absolute atomic E-state index is 1.06. The van der Waals surface area contributed by atoms with Gasteiger partial charge in [-0.2, -0.15) is 0 Å². The fraction of sp³-hybridized carbons (Fsp3) is 0.385. The Morgan fingerprint density at radius 3 is 2.08 bits per heavy atom. The molecule has 0 aromatic heterocycles. The van der Waals surface area contributed by atoms with Gasteiger partial charge in [0.15, 0.2) is 0 Å². The van der Waals surface area contributed by atoms with E-state index in [-0.39, 0.29) is 0 Å². The van der Waals surface area contributed by atoms with Gasteiger partial charge in [0.1, 0.15) is 0 Å². The second-order valence-electron chi connectivity index (χ2n) is 3.23. The van der Waals surface area contributed by atoms with Crippen molar-refractivity contribution in [3.8, 4) is 0 Å². The van der Waals surface area contributed by atoms with Crippen molar-refractivity contribution in [1.82, 2.24) is 0 Å². The van der Waals surface area contributed by atoms with Crippen LogP contribution in [0.1, 0.15) is 32.1 Å². The first-order valence-corrected chi connectivity index (χ1v) is 5.13. The van der Waals surface area contributed by atoms with E-state index in [1.807, 2.05) is 0 Å². The predicted molar refractivity (Wildman–Crippen MR) is 59.6 cm³/mol. The van der Waals surface area contributed by atoms with Gasteiger partial charge >= 0.3 is 0 Å². The minimum atomic E-state index is 1.06. The van der Waals surface area contributed by atoms with Gasteiger partial charge in [-0.25, -0.2) is 0 Å². The Morgan fingerprint density at radius 2 is 1.23 bits per heavy atom. The van der Waals surface area contributed by atoms with Crippen LogP contribution in [0, 0.1) is 0 Å². The summed E-state index contributed by atoms with van der Waals surface area (Å²) in [4.78, 5) is 0. The summed E-state index contributed by atoms with van der Waals surface area (Å²) in [5, 5.41) is 0. The standard InChI is InChI=1S/C13H18/c1-2-4-6-8-10-12-13-11-9-7-5-3-1/h1-6,9,11H,7-8,10,12-13H2/b2-1-,5-3-,6-4-,11-9-. The van der Waals surface area contributed by atoms with Crippen molar-refractivity contribution >= 4 is 0 Å². The van der Waals surface area contributed by atoms with E-state index in [1.54, 1.807) is 0 Å². The second-order valence-corrected chi connectivity index (χ2v) is 3.23. The average Bonchev–Trinajstić information content (AvgIpc) is 2.18. The van der Waals surface area contributed by atoms with Gasteiger partial charge in [0.05, 0.1) is 0 Å².